The Kier molecular flexibility index (Phi) is 48.9. The number of hydrogen-bond acceptors (Lipinski definition) is 5. The Hall–Kier alpha value is -2.40. The van der Waals surface area contributed by atoms with Crippen LogP contribution < -0.4 is 0 Å². The maximum absolute atomic E-state index is 12.7. The second kappa shape index (κ2) is 51.0. The number of carbonyl (C=O) groups is 2. The molecule has 1 atom stereocenters. The van der Waals surface area contributed by atoms with Crippen molar-refractivity contribution in [3.05, 3.63) is 60.8 Å². The first-order chi connectivity index (χ1) is 29.6. The lowest BCUT2D eigenvalue weighted by Gasteiger charge is -2.18. The van der Waals surface area contributed by atoms with E-state index in [0.29, 0.717) is 25.9 Å². The summed E-state index contributed by atoms with van der Waals surface area (Å²) in [4.78, 5) is 25.3. The Balaban J connectivity index is 4.24. The summed E-state index contributed by atoms with van der Waals surface area (Å²) >= 11 is 0. The van der Waals surface area contributed by atoms with Crippen molar-refractivity contribution in [2.75, 3.05) is 19.8 Å². The third-order valence-electron chi connectivity index (χ3n) is 11.1. The van der Waals surface area contributed by atoms with Crippen LogP contribution in [0.3, 0.4) is 0 Å². The third kappa shape index (κ3) is 48.3. The maximum atomic E-state index is 12.7. The first-order valence-corrected chi connectivity index (χ1v) is 25.8. The summed E-state index contributed by atoms with van der Waals surface area (Å²) in [7, 11) is 0. The molecule has 5 heteroatoms. The molecule has 0 rings (SSSR count). The van der Waals surface area contributed by atoms with E-state index in [1.54, 1.807) is 0 Å². The summed E-state index contributed by atoms with van der Waals surface area (Å²) < 4.78 is 17.3. The molecule has 0 bridgehead atoms. The van der Waals surface area contributed by atoms with E-state index < -0.39 is 6.10 Å². The van der Waals surface area contributed by atoms with Crippen LogP contribution in [-0.2, 0) is 23.8 Å². The van der Waals surface area contributed by atoms with Crippen molar-refractivity contribution in [3.8, 4) is 0 Å². The average molecular weight is 839 g/mol. The normalized spacial score (nSPS) is 12.7. The second-order valence-electron chi connectivity index (χ2n) is 17.0. The predicted molar refractivity (Wildman–Crippen MR) is 261 cm³/mol. The minimum absolute atomic E-state index is 0.0454. The molecule has 0 aliphatic carbocycles. The summed E-state index contributed by atoms with van der Waals surface area (Å²) in [5, 5.41) is 0. The van der Waals surface area contributed by atoms with E-state index in [-0.39, 0.29) is 25.2 Å². The first kappa shape index (κ1) is 57.6. The smallest absolute Gasteiger partial charge is 0.306 e. The lowest BCUT2D eigenvalue weighted by Crippen LogP contribution is -2.30. The van der Waals surface area contributed by atoms with Gasteiger partial charge in [0.15, 0.2) is 6.10 Å². The Labute approximate surface area is 373 Å². The van der Waals surface area contributed by atoms with Crippen molar-refractivity contribution >= 4 is 11.9 Å². The molecular formula is C55H98O5. The third-order valence-corrected chi connectivity index (χ3v) is 11.1. The van der Waals surface area contributed by atoms with Crippen LogP contribution in [0.1, 0.15) is 252 Å². The summed E-state index contributed by atoms with van der Waals surface area (Å²) in [6.45, 7) is 7.62. The van der Waals surface area contributed by atoms with Gasteiger partial charge in [0.25, 0.3) is 0 Å². The fourth-order valence-corrected chi connectivity index (χ4v) is 7.21. The molecule has 0 heterocycles. The van der Waals surface area contributed by atoms with Crippen LogP contribution in [0.4, 0.5) is 0 Å². The van der Waals surface area contributed by atoms with E-state index in [1.165, 1.54) is 148 Å². The fraction of sp³-hybridized carbons (Fsp3) is 0.782. The number of ether oxygens (including phenoxy) is 3. The van der Waals surface area contributed by atoms with Crippen molar-refractivity contribution in [1.82, 2.24) is 0 Å². The van der Waals surface area contributed by atoms with Gasteiger partial charge >= 0.3 is 11.9 Å². The highest BCUT2D eigenvalue weighted by atomic mass is 16.6. The molecular weight excluding hydrogens is 741 g/mol. The standard InChI is InChI=1S/C55H98O5/c1-4-7-10-13-16-19-22-24-25-26-27-28-29-30-32-35-38-41-44-47-50-58-51-53(60-55(57)49-46-43-40-37-33-21-18-15-12-9-6-3)52-59-54(56)48-45-42-39-36-34-31-23-20-17-14-11-8-5-2/h8,11,15,17-18,20,31,34,39,42,53H,4-7,9-10,12-14,16,19,21-30,32-33,35-38,40-41,43-52H2,1-3H3/b11-8-,18-15-,20-17-,34-31-,42-39-. The number of carbonyl (C=O) groups excluding carboxylic acids is 2. The summed E-state index contributed by atoms with van der Waals surface area (Å²) in [5.41, 5.74) is 0. The molecule has 0 saturated heterocycles. The minimum atomic E-state index is -0.566. The van der Waals surface area contributed by atoms with Crippen LogP contribution in [0.25, 0.3) is 0 Å². The van der Waals surface area contributed by atoms with Crippen molar-refractivity contribution < 1.29 is 23.8 Å². The molecule has 0 aromatic rings. The molecule has 0 spiro atoms. The number of rotatable bonds is 47. The quantitative estimate of drug-likeness (QED) is 0.0347. The molecule has 0 amide bonds. The number of allylic oxidation sites excluding steroid dienone is 10. The molecule has 0 aliphatic rings. The van der Waals surface area contributed by atoms with Crippen LogP contribution in [0, 0.1) is 0 Å². The first-order valence-electron chi connectivity index (χ1n) is 25.8. The van der Waals surface area contributed by atoms with Gasteiger partial charge in [0, 0.05) is 19.4 Å². The Morgan fingerprint density at radius 3 is 1.32 bits per heavy atom. The van der Waals surface area contributed by atoms with E-state index in [0.717, 1.165) is 64.2 Å². The molecule has 0 aromatic carbocycles. The molecule has 1 unspecified atom stereocenters. The largest absolute Gasteiger partial charge is 0.462 e. The predicted octanol–water partition coefficient (Wildman–Crippen LogP) is 17.3. The topological polar surface area (TPSA) is 61.8 Å². The number of unbranched alkanes of at least 4 members (excludes halogenated alkanes) is 26. The molecule has 0 N–H and O–H groups in total. The lowest BCUT2D eigenvalue weighted by molar-refractivity contribution is -0.162. The zero-order chi connectivity index (χ0) is 43.5. The monoisotopic (exact) mass is 839 g/mol. The van der Waals surface area contributed by atoms with Crippen LogP contribution in [0.2, 0.25) is 0 Å². The van der Waals surface area contributed by atoms with E-state index in [9.17, 15) is 9.59 Å². The van der Waals surface area contributed by atoms with Crippen molar-refractivity contribution in [2.24, 2.45) is 0 Å². The zero-order valence-electron chi connectivity index (χ0n) is 40.0. The minimum Gasteiger partial charge on any atom is -0.462 e. The van der Waals surface area contributed by atoms with Crippen LogP contribution in [-0.4, -0.2) is 37.9 Å². The Morgan fingerprint density at radius 2 is 0.800 bits per heavy atom. The summed E-state index contributed by atoms with van der Waals surface area (Å²) in [6.07, 6.45) is 64.0. The van der Waals surface area contributed by atoms with Gasteiger partial charge in [-0.3, -0.25) is 9.59 Å². The van der Waals surface area contributed by atoms with Gasteiger partial charge in [-0.2, -0.15) is 0 Å². The van der Waals surface area contributed by atoms with E-state index in [1.807, 2.05) is 6.08 Å². The Bertz CT molecular complexity index is 1040. The lowest BCUT2D eigenvalue weighted by atomic mass is 10.0. The van der Waals surface area contributed by atoms with E-state index in [4.69, 9.17) is 14.2 Å². The summed E-state index contributed by atoms with van der Waals surface area (Å²) in [5.74, 6) is -0.495. The van der Waals surface area contributed by atoms with Crippen molar-refractivity contribution in [1.29, 1.82) is 0 Å². The SMILES string of the molecule is CC/C=C\C/C=C\C/C=C\C/C=C\CCC(=O)OCC(COCCCCCCCCCCCCCCCCCCCCCC)OC(=O)CCCCCCC/C=C\CCCC. The highest BCUT2D eigenvalue weighted by Crippen LogP contribution is 2.15. The molecule has 0 aromatic heterocycles. The highest BCUT2D eigenvalue weighted by Gasteiger charge is 2.17. The fourth-order valence-electron chi connectivity index (χ4n) is 7.21. The van der Waals surface area contributed by atoms with E-state index in [2.05, 4.69) is 75.5 Å². The van der Waals surface area contributed by atoms with Crippen LogP contribution in [0.15, 0.2) is 60.8 Å². The molecule has 5 nitrogen and oxygen atoms in total. The van der Waals surface area contributed by atoms with Gasteiger partial charge in [-0.1, -0.05) is 236 Å². The number of esters is 2. The van der Waals surface area contributed by atoms with E-state index >= 15 is 0 Å². The van der Waals surface area contributed by atoms with Gasteiger partial charge < -0.3 is 14.2 Å². The molecule has 60 heavy (non-hydrogen) atoms. The highest BCUT2D eigenvalue weighted by molar-refractivity contribution is 5.70. The van der Waals surface area contributed by atoms with Crippen LogP contribution in [0.5, 0.6) is 0 Å². The zero-order valence-corrected chi connectivity index (χ0v) is 40.0. The van der Waals surface area contributed by atoms with Crippen molar-refractivity contribution in [3.63, 3.8) is 0 Å². The molecule has 0 saturated carbocycles. The van der Waals surface area contributed by atoms with Gasteiger partial charge in [0.2, 0.25) is 0 Å². The molecule has 0 fully saturated rings. The molecule has 0 aliphatic heterocycles. The van der Waals surface area contributed by atoms with Gasteiger partial charge in [-0.25, -0.2) is 0 Å². The maximum Gasteiger partial charge on any atom is 0.306 e. The van der Waals surface area contributed by atoms with Crippen LogP contribution >= 0.6 is 0 Å². The van der Waals surface area contributed by atoms with Gasteiger partial charge in [-0.05, 0) is 64.2 Å². The van der Waals surface area contributed by atoms with Gasteiger partial charge in [0.05, 0.1) is 6.61 Å². The average Bonchev–Trinajstić information content (AvgIpc) is 3.25. The molecule has 0 radical (unpaired) electrons. The Morgan fingerprint density at radius 1 is 0.383 bits per heavy atom. The molecule has 348 valence electrons. The van der Waals surface area contributed by atoms with Gasteiger partial charge in [-0.15, -0.1) is 0 Å². The number of hydrogen-bond donors (Lipinski definition) is 0. The second-order valence-corrected chi connectivity index (χ2v) is 17.0. The van der Waals surface area contributed by atoms with Gasteiger partial charge in [0.1, 0.15) is 6.61 Å². The summed E-state index contributed by atoms with van der Waals surface area (Å²) in [6, 6.07) is 0. The van der Waals surface area contributed by atoms with Crippen molar-refractivity contribution in [2.45, 2.75) is 258 Å².